The van der Waals surface area contributed by atoms with Crippen molar-refractivity contribution in [2.75, 3.05) is 6.54 Å². The first kappa shape index (κ1) is 17.7. The first-order chi connectivity index (χ1) is 10.8. The van der Waals surface area contributed by atoms with Crippen LogP contribution in [-0.4, -0.2) is 21.4 Å². The molecule has 1 aromatic carbocycles. The highest BCUT2D eigenvalue weighted by Crippen LogP contribution is 2.23. The van der Waals surface area contributed by atoms with Gasteiger partial charge in [-0.15, -0.1) is 0 Å². The average Bonchev–Trinajstić information content (AvgIpc) is 2.86. The van der Waals surface area contributed by atoms with Gasteiger partial charge in [0.25, 0.3) is 0 Å². The normalized spacial score (nSPS) is 13.3. The van der Waals surface area contributed by atoms with Gasteiger partial charge in [-0.2, -0.15) is 5.10 Å². The van der Waals surface area contributed by atoms with Crippen LogP contribution in [0.15, 0.2) is 30.5 Å². The Bertz CT molecular complexity index is 623. The third-order valence-electron chi connectivity index (χ3n) is 4.14. The summed E-state index contributed by atoms with van der Waals surface area (Å²) in [6, 6.07) is 8.26. The Labute approximate surface area is 139 Å². The molecule has 0 bridgehead atoms. The van der Waals surface area contributed by atoms with Crippen LogP contribution in [-0.2, 0) is 25.4 Å². The molecule has 1 unspecified atom stereocenters. The molecule has 126 valence electrons. The van der Waals surface area contributed by atoms with Crippen molar-refractivity contribution in [2.45, 2.75) is 52.2 Å². The van der Waals surface area contributed by atoms with Crippen LogP contribution in [0.4, 0.5) is 0 Å². The molecular weight excluding hydrogens is 286 g/mol. The zero-order chi connectivity index (χ0) is 17.0. The van der Waals surface area contributed by atoms with E-state index in [-0.39, 0.29) is 5.41 Å². The van der Waals surface area contributed by atoms with E-state index in [1.807, 2.05) is 30.1 Å². The van der Waals surface area contributed by atoms with Crippen molar-refractivity contribution >= 4 is 0 Å². The SMILES string of the molecule is CCc1nn(C)cc1CNCC(O)c1ccc(C(C)(C)C)cc1. The van der Waals surface area contributed by atoms with Gasteiger partial charge in [0.1, 0.15) is 0 Å². The monoisotopic (exact) mass is 315 g/mol. The van der Waals surface area contributed by atoms with Crippen molar-refractivity contribution < 1.29 is 5.11 Å². The zero-order valence-electron chi connectivity index (χ0n) is 14.9. The molecule has 1 aromatic heterocycles. The van der Waals surface area contributed by atoms with Gasteiger partial charge in [-0.05, 0) is 23.0 Å². The summed E-state index contributed by atoms with van der Waals surface area (Å²) in [7, 11) is 1.94. The van der Waals surface area contributed by atoms with E-state index >= 15 is 0 Å². The molecule has 0 saturated carbocycles. The zero-order valence-corrected chi connectivity index (χ0v) is 14.9. The molecule has 4 nitrogen and oxygen atoms in total. The molecule has 0 amide bonds. The lowest BCUT2D eigenvalue weighted by Crippen LogP contribution is -2.21. The van der Waals surface area contributed by atoms with Crippen LogP contribution >= 0.6 is 0 Å². The summed E-state index contributed by atoms with van der Waals surface area (Å²) < 4.78 is 1.84. The van der Waals surface area contributed by atoms with Crippen molar-refractivity contribution in [3.05, 3.63) is 52.8 Å². The fourth-order valence-electron chi connectivity index (χ4n) is 2.70. The molecule has 0 aliphatic heterocycles. The van der Waals surface area contributed by atoms with Gasteiger partial charge in [-0.3, -0.25) is 4.68 Å². The number of aromatic nitrogens is 2. The number of hydrogen-bond acceptors (Lipinski definition) is 3. The predicted molar refractivity (Wildman–Crippen MR) is 94.4 cm³/mol. The molecule has 0 spiro atoms. The fourth-order valence-corrected chi connectivity index (χ4v) is 2.70. The second-order valence-electron chi connectivity index (χ2n) is 7.15. The Morgan fingerprint density at radius 2 is 1.87 bits per heavy atom. The van der Waals surface area contributed by atoms with E-state index in [4.69, 9.17) is 0 Å². The number of aliphatic hydroxyl groups excluding tert-OH is 1. The van der Waals surface area contributed by atoms with Gasteiger partial charge in [0, 0.05) is 31.9 Å². The van der Waals surface area contributed by atoms with Crippen LogP contribution < -0.4 is 5.32 Å². The van der Waals surface area contributed by atoms with Crippen molar-refractivity contribution in [1.82, 2.24) is 15.1 Å². The smallest absolute Gasteiger partial charge is 0.0914 e. The Morgan fingerprint density at radius 3 is 2.43 bits per heavy atom. The Morgan fingerprint density at radius 1 is 1.22 bits per heavy atom. The number of benzene rings is 1. The summed E-state index contributed by atoms with van der Waals surface area (Å²) in [6.07, 6.45) is 2.47. The number of hydrogen-bond donors (Lipinski definition) is 2. The van der Waals surface area contributed by atoms with Crippen LogP contribution in [0.3, 0.4) is 0 Å². The quantitative estimate of drug-likeness (QED) is 0.861. The van der Waals surface area contributed by atoms with Gasteiger partial charge in [0.2, 0.25) is 0 Å². The fraction of sp³-hybridized carbons (Fsp3) is 0.526. The lowest BCUT2D eigenvalue weighted by molar-refractivity contribution is 0.174. The summed E-state index contributed by atoms with van der Waals surface area (Å²) in [5.74, 6) is 0. The standard InChI is InChI=1S/C19H29N3O/c1-6-17-15(13-22(5)21-17)11-20-12-18(23)14-7-9-16(10-8-14)19(2,3)4/h7-10,13,18,20,23H,6,11-12H2,1-5H3. The average molecular weight is 315 g/mol. The minimum absolute atomic E-state index is 0.137. The molecule has 0 fully saturated rings. The van der Waals surface area contributed by atoms with Crippen LogP contribution in [0.5, 0.6) is 0 Å². The second kappa shape index (κ2) is 7.28. The minimum atomic E-state index is -0.495. The van der Waals surface area contributed by atoms with Gasteiger partial charge in [-0.1, -0.05) is 52.0 Å². The summed E-state index contributed by atoms with van der Waals surface area (Å²) >= 11 is 0. The van der Waals surface area contributed by atoms with E-state index in [1.165, 1.54) is 11.1 Å². The number of rotatable bonds is 6. The van der Waals surface area contributed by atoms with E-state index in [0.717, 1.165) is 24.2 Å². The Kier molecular flexibility index (Phi) is 5.60. The molecule has 2 rings (SSSR count). The summed E-state index contributed by atoms with van der Waals surface area (Å²) in [5, 5.41) is 18.1. The van der Waals surface area contributed by atoms with E-state index in [9.17, 15) is 5.11 Å². The van der Waals surface area contributed by atoms with Gasteiger partial charge >= 0.3 is 0 Å². The second-order valence-corrected chi connectivity index (χ2v) is 7.15. The third-order valence-corrected chi connectivity index (χ3v) is 4.14. The Balaban J connectivity index is 1.90. The summed E-state index contributed by atoms with van der Waals surface area (Å²) in [6.45, 7) is 9.95. The lowest BCUT2D eigenvalue weighted by Gasteiger charge is -2.20. The molecule has 2 aromatic rings. The van der Waals surface area contributed by atoms with Crippen LogP contribution in [0.1, 0.15) is 56.2 Å². The maximum atomic E-state index is 10.3. The van der Waals surface area contributed by atoms with E-state index in [0.29, 0.717) is 6.54 Å². The molecule has 1 heterocycles. The highest BCUT2D eigenvalue weighted by Gasteiger charge is 2.14. The molecule has 0 radical (unpaired) electrons. The van der Waals surface area contributed by atoms with Gasteiger partial charge < -0.3 is 10.4 Å². The van der Waals surface area contributed by atoms with Crippen LogP contribution in [0, 0.1) is 0 Å². The number of nitrogens with zero attached hydrogens (tertiary/aromatic N) is 2. The molecule has 0 aliphatic carbocycles. The van der Waals surface area contributed by atoms with Crippen molar-refractivity contribution in [1.29, 1.82) is 0 Å². The third kappa shape index (κ3) is 4.66. The lowest BCUT2D eigenvalue weighted by atomic mass is 9.86. The van der Waals surface area contributed by atoms with Crippen molar-refractivity contribution in [3.8, 4) is 0 Å². The highest BCUT2D eigenvalue weighted by atomic mass is 16.3. The van der Waals surface area contributed by atoms with Crippen LogP contribution in [0.2, 0.25) is 0 Å². The number of nitrogens with one attached hydrogen (secondary N) is 1. The van der Waals surface area contributed by atoms with Gasteiger partial charge in [-0.25, -0.2) is 0 Å². The summed E-state index contributed by atoms with van der Waals surface area (Å²) in [4.78, 5) is 0. The predicted octanol–water partition coefficient (Wildman–Crippen LogP) is 3.10. The maximum Gasteiger partial charge on any atom is 0.0914 e. The van der Waals surface area contributed by atoms with Crippen molar-refractivity contribution in [3.63, 3.8) is 0 Å². The number of aryl methyl sites for hydroxylation is 2. The molecule has 0 saturated heterocycles. The van der Waals surface area contributed by atoms with E-state index in [2.05, 4.69) is 50.2 Å². The van der Waals surface area contributed by atoms with E-state index in [1.54, 1.807) is 0 Å². The first-order valence-corrected chi connectivity index (χ1v) is 8.32. The largest absolute Gasteiger partial charge is 0.387 e. The summed E-state index contributed by atoms with van der Waals surface area (Å²) in [5.41, 5.74) is 4.68. The molecule has 4 heteroatoms. The molecule has 1 atom stereocenters. The molecule has 0 aliphatic rings. The molecule has 23 heavy (non-hydrogen) atoms. The highest BCUT2D eigenvalue weighted by molar-refractivity contribution is 5.28. The topological polar surface area (TPSA) is 50.1 Å². The molecule has 2 N–H and O–H groups in total. The number of aliphatic hydroxyl groups is 1. The van der Waals surface area contributed by atoms with Crippen molar-refractivity contribution in [2.24, 2.45) is 7.05 Å². The van der Waals surface area contributed by atoms with Gasteiger partial charge in [0.15, 0.2) is 0 Å². The minimum Gasteiger partial charge on any atom is -0.387 e. The van der Waals surface area contributed by atoms with Gasteiger partial charge in [0.05, 0.1) is 11.8 Å². The maximum absolute atomic E-state index is 10.3. The molecular formula is C19H29N3O. The first-order valence-electron chi connectivity index (χ1n) is 8.32. The van der Waals surface area contributed by atoms with Crippen LogP contribution in [0.25, 0.3) is 0 Å². The van der Waals surface area contributed by atoms with E-state index < -0.39 is 6.10 Å². The Hall–Kier alpha value is -1.65.